The van der Waals surface area contributed by atoms with Gasteiger partial charge >= 0.3 is 6.18 Å². The van der Waals surface area contributed by atoms with Crippen LogP contribution in [0.1, 0.15) is 34.6 Å². The van der Waals surface area contributed by atoms with E-state index in [2.05, 4.69) is 20.0 Å². The van der Waals surface area contributed by atoms with Crippen molar-refractivity contribution in [3.8, 4) is 11.8 Å². The Morgan fingerprint density at radius 3 is 2.54 bits per heavy atom. The predicted molar refractivity (Wildman–Crippen MR) is 95.2 cm³/mol. The molecule has 1 unspecified atom stereocenters. The third kappa shape index (κ3) is 6.08. The van der Waals surface area contributed by atoms with Crippen molar-refractivity contribution in [2.24, 2.45) is 5.73 Å². The van der Waals surface area contributed by atoms with E-state index in [-0.39, 0.29) is 11.8 Å². The number of amides is 1. The average Bonchev–Trinajstić information content (AvgIpc) is 2.66. The van der Waals surface area contributed by atoms with Gasteiger partial charge in [-0.15, -0.1) is 0 Å². The van der Waals surface area contributed by atoms with Crippen LogP contribution in [0, 0.1) is 0 Å². The summed E-state index contributed by atoms with van der Waals surface area (Å²) in [6.07, 6.45) is -2.68. The van der Waals surface area contributed by atoms with E-state index in [1.807, 2.05) is 0 Å². The lowest BCUT2D eigenvalue weighted by Gasteiger charge is -2.16. The fourth-order valence-corrected chi connectivity index (χ4v) is 2.38. The molecule has 0 spiro atoms. The van der Waals surface area contributed by atoms with Gasteiger partial charge in [0.05, 0.1) is 24.4 Å². The average molecular weight is 398 g/mol. The Labute approximate surface area is 160 Å². The topological polar surface area (TPSA) is 99.4 Å². The van der Waals surface area contributed by atoms with Crippen molar-refractivity contribution < 1.29 is 27.4 Å². The lowest BCUT2D eigenvalue weighted by atomic mass is 10.1. The minimum absolute atomic E-state index is 0.149. The van der Waals surface area contributed by atoms with E-state index in [0.717, 1.165) is 0 Å². The number of nitrogens with one attached hydrogen (secondary N) is 1. The molecule has 7 nitrogen and oxygen atoms in total. The summed E-state index contributed by atoms with van der Waals surface area (Å²) < 4.78 is 46.1. The van der Waals surface area contributed by atoms with Crippen LogP contribution in [-0.2, 0) is 6.42 Å². The highest BCUT2D eigenvalue weighted by Crippen LogP contribution is 2.20. The number of carbonyl (C=O) groups is 1. The van der Waals surface area contributed by atoms with Crippen LogP contribution in [0.25, 0.3) is 0 Å². The first kappa shape index (κ1) is 21.4. The van der Waals surface area contributed by atoms with Crippen LogP contribution < -0.4 is 20.5 Å². The molecule has 1 atom stereocenters. The molecule has 0 aromatic carbocycles. The molecule has 0 saturated heterocycles. The number of hydrogen-bond donors (Lipinski definition) is 2. The molecule has 3 N–H and O–H groups in total. The highest BCUT2D eigenvalue weighted by atomic mass is 19.4. The first-order valence-corrected chi connectivity index (χ1v) is 8.44. The zero-order valence-corrected chi connectivity index (χ0v) is 15.4. The second kappa shape index (κ2) is 9.36. The highest BCUT2D eigenvalue weighted by molar-refractivity contribution is 5.95. The minimum Gasteiger partial charge on any atom is -0.481 e. The zero-order chi connectivity index (χ0) is 20.7. The molecule has 2 heterocycles. The molecule has 152 valence electrons. The van der Waals surface area contributed by atoms with Crippen molar-refractivity contribution >= 4 is 5.91 Å². The summed E-state index contributed by atoms with van der Waals surface area (Å²) in [6, 6.07) is 5.60. The van der Waals surface area contributed by atoms with E-state index < -0.39 is 18.8 Å². The van der Waals surface area contributed by atoms with Gasteiger partial charge in [-0.25, -0.2) is 9.97 Å². The Balaban J connectivity index is 2.06. The molecule has 0 radical (unpaired) electrons. The van der Waals surface area contributed by atoms with E-state index in [1.54, 1.807) is 19.1 Å². The van der Waals surface area contributed by atoms with Crippen LogP contribution in [0.5, 0.6) is 11.8 Å². The normalized spacial score (nSPS) is 12.4. The summed E-state index contributed by atoms with van der Waals surface area (Å²) in [5.41, 5.74) is 7.07. The summed E-state index contributed by atoms with van der Waals surface area (Å²) in [7, 11) is 1.48. The number of methoxy groups -OCH3 is 1. The maximum absolute atomic E-state index is 12.6. The molecule has 2 rings (SSSR count). The number of nitrogens with zero attached hydrogens (tertiary/aromatic N) is 2. The van der Waals surface area contributed by atoms with Crippen molar-refractivity contribution in [1.82, 2.24) is 15.3 Å². The molecule has 0 aliphatic carbocycles. The third-order valence-electron chi connectivity index (χ3n) is 3.77. The monoisotopic (exact) mass is 398 g/mol. The van der Waals surface area contributed by atoms with Crippen LogP contribution in [0.2, 0.25) is 0 Å². The summed E-state index contributed by atoms with van der Waals surface area (Å²) in [5, 5.41) is 2.80. The van der Waals surface area contributed by atoms with Crippen molar-refractivity contribution in [1.29, 1.82) is 0 Å². The minimum atomic E-state index is -4.44. The lowest BCUT2D eigenvalue weighted by Crippen LogP contribution is -2.28. The molecule has 2 aromatic rings. The number of hydrogen-bond acceptors (Lipinski definition) is 6. The van der Waals surface area contributed by atoms with Crippen LogP contribution in [0.4, 0.5) is 13.2 Å². The predicted octanol–water partition coefficient (Wildman–Crippen LogP) is 2.42. The summed E-state index contributed by atoms with van der Waals surface area (Å²) in [5.74, 6) is -0.126. The Hall–Kier alpha value is -2.88. The number of rotatable bonds is 8. The van der Waals surface area contributed by atoms with Crippen molar-refractivity contribution in [2.75, 3.05) is 20.3 Å². The third-order valence-corrected chi connectivity index (χ3v) is 3.77. The van der Waals surface area contributed by atoms with Gasteiger partial charge in [0.2, 0.25) is 11.8 Å². The quantitative estimate of drug-likeness (QED) is 0.709. The Morgan fingerprint density at radius 1 is 1.25 bits per heavy atom. The number of aromatic nitrogens is 2. The van der Waals surface area contributed by atoms with Crippen LogP contribution in [-0.4, -0.2) is 42.3 Å². The number of halogens is 3. The molecule has 0 saturated carbocycles. The Bertz CT molecular complexity index is 798. The summed E-state index contributed by atoms with van der Waals surface area (Å²) in [6.45, 7) is 0.629. The van der Waals surface area contributed by atoms with E-state index in [1.165, 1.54) is 25.4 Å². The molecule has 1 amide bonds. The molecule has 2 aromatic heterocycles. The van der Waals surface area contributed by atoms with Gasteiger partial charge in [-0.05, 0) is 25.1 Å². The zero-order valence-electron chi connectivity index (χ0n) is 15.4. The maximum atomic E-state index is 12.6. The maximum Gasteiger partial charge on any atom is 0.422 e. The highest BCUT2D eigenvalue weighted by Gasteiger charge is 2.28. The molecular formula is C18H21F3N4O3. The Kier molecular flexibility index (Phi) is 7.16. The van der Waals surface area contributed by atoms with Crippen LogP contribution >= 0.6 is 0 Å². The van der Waals surface area contributed by atoms with Crippen LogP contribution in [0.15, 0.2) is 30.5 Å². The number of carbonyl (C=O) groups excluding carboxylic acids is 1. The lowest BCUT2D eigenvalue weighted by molar-refractivity contribution is -0.154. The SMILES string of the molecule is COc1ccc(C(=O)NC(C)c2ccc(OCC(F)(F)F)nc2)c(CCN)n1. The molecule has 10 heteroatoms. The molecule has 28 heavy (non-hydrogen) atoms. The van der Waals surface area contributed by atoms with E-state index >= 15 is 0 Å². The second-order valence-electron chi connectivity index (χ2n) is 5.92. The smallest absolute Gasteiger partial charge is 0.422 e. The van der Waals surface area contributed by atoms with Crippen LogP contribution in [0.3, 0.4) is 0 Å². The second-order valence-corrected chi connectivity index (χ2v) is 5.92. The molecule has 0 bridgehead atoms. The van der Waals surface area contributed by atoms with Gasteiger partial charge < -0.3 is 20.5 Å². The molecular weight excluding hydrogens is 377 g/mol. The van der Waals surface area contributed by atoms with Gasteiger partial charge in [-0.2, -0.15) is 13.2 Å². The van der Waals surface area contributed by atoms with Crippen molar-refractivity contribution in [3.63, 3.8) is 0 Å². The number of ether oxygens (including phenoxy) is 2. The molecule has 0 fully saturated rings. The summed E-state index contributed by atoms with van der Waals surface area (Å²) >= 11 is 0. The fraction of sp³-hybridized carbons (Fsp3) is 0.389. The number of pyridine rings is 2. The van der Waals surface area contributed by atoms with E-state index in [0.29, 0.717) is 35.7 Å². The Morgan fingerprint density at radius 2 is 1.96 bits per heavy atom. The van der Waals surface area contributed by atoms with E-state index in [4.69, 9.17) is 10.5 Å². The van der Waals surface area contributed by atoms with Gasteiger partial charge in [0.25, 0.3) is 5.91 Å². The van der Waals surface area contributed by atoms with Gasteiger partial charge in [-0.1, -0.05) is 6.07 Å². The van der Waals surface area contributed by atoms with E-state index in [9.17, 15) is 18.0 Å². The summed E-state index contributed by atoms with van der Waals surface area (Å²) in [4.78, 5) is 20.7. The number of alkyl halides is 3. The van der Waals surface area contributed by atoms with Gasteiger partial charge in [0.1, 0.15) is 0 Å². The largest absolute Gasteiger partial charge is 0.481 e. The molecule has 0 aliphatic heterocycles. The van der Waals surface area contributed by atoms with Crippen molar-refractivity contribution in [2.45, 2.75) is 25.6 Å². The van der Waals surface area contributed by atoms with Crippen molar-refractivity contribution in [3.05, 3.63) is 47.3 Å². The van der Waals surface area contributed by atoms with Gasteiger partial charge in [0, 0.05) is 24.8 Å². The molecule has 0 aliphatic rings. The fourth-order valence-electron chi connectivity index (χ4n) is 2.38. The first-order valence-electron chi connectivity index (χ1n) is 8.44. The van der Waals surface area contributed by atoms with Gasteiger partial charge in [0.15, 0.2) is 6.61 Å². The standard InChI is InChI=1S/C18H21F3N4O3/c1-11(12-3-5-15(23-9-12)28-10-18(19,20)21)24-17(26)13-4-6-16(27-2)25-14(13)7-8-22/h3-6,9,11H,7-8,10,22H2,1-2H3,(H,24,26). The number of nitrogens with two attached hydrogens (primary N) is 1. The van der Waals surface area contributed by atoms with Gasteiger partial charge in [-0.3, -0.25) is 4.79 Å². The first-order chi connectivity index (χ1) is 13.2.